The molecular formula is C22H22F3N3O3S. The van der Waals surface area contributed by atoms with E-state index >= 15 is 0 Å². The van der Waals surface area contributed by atoms with Crippen LogP contribution in [0.5, 0.6) is 0 Å². The average molecular weight is 465 g/mol. The summed E-state index contributed by atoms with van der Waals surface area (Å²) in [5, 5.41) is 2.71. The van der Waals surface area contributed by atoms with Gasteiger partial charge in [0.25, 0.3) is 10.0 Å². The van der Waals surface area contributed by atoms with E-state index < -0.39 is 21.8 Å². The third-order valence-corrected chi connectivity index (χ3v) is 7.05. The molecule has 0 radical (unpaired) electrons. The van der Waals surface area contributed by atoms with E-state index in [1.165, 1.54) is 30.3 Å². The molecule has 1 aliphatic heterocycles. The number of benzene rings is 2. The number of amidine groups is 1. The third-order valence-electron chi connectivity index (χ3n) is 5.75. The van der Waals surface area contributed by atoms with Crippen LogP contribution in [0.1, 0.15) is 36.3 Å². The molecule has 0 bridgehead atoms. The minimum atomic E-state index is -4.40. The Labute approximate surface area is 184 Å². The van der Waals surface area contributed by atoms with Crippen LogP contribution in [0.4, 0.5) is 18.9 Å². The number of halogens is 3. The summed E-state index contributed by atoms with van der Waals surface area (Å²) < 4.78 is 67.4. The van der Waals surface area contributed by atoms with E-state index in [1.54, 1.807) is 18.0 Å². The lowest BCUT2D eigenvalue weighted by molar-refractivity contribution is -0.137. The van der Waals surface area contributed by atoms with Crippen LogP contribution in [0.3, 0.4) is 0 Å². The smallest absolute Gasteiger partial charge is 0.362 e. The molecule has 32 heavy (non-hydrogen) atoms. The van der Waals surface area contributed by atoms with Crippen molar-refractivity contribution in [3.63, 3.8) is 0 Å². The van der Waals surface area contributed by atoms with Gasteiger partial charge in [0.05, 0.1) is 10.5 Å². The minimum absolute atomic E-state index is 0.0156. The highest BCUT2D eigenvalue weighted by molar-refractivity contribution is 7.90. The van der Waals surface area contributed by atoms with Crippen molar-refractivity contribution in [3.8, 4) is 0 Å². The lowest BCUT2D eigenvalue weighted by atomic mass is 10.1. The van der Waals surface area contributed by atoms with Crippen LogP contribution in [-0.4, -0.2) is 38.7 Å². The number of carbonyl (C=O) groups excluding carboxylic acids is 1. The van der Waals surface area contributed by atoms with Gasteiger partial charge in [0.1, 0.15) is 5.84 Å². The topological polar surface area (TPSA) is 78.8 Å². The maximum Gasteiger partial charge on any atom is 0.416 e. The van der Waals surface area contributed by atoms with Crippen LogP contribution in [0, 0.1) is 5.92 Å². The van der Waals surface area contributed by atoms with Crippen molar-refractivity contribution in [1.29, 1.82) is 0 Å². The summed E-state index contributed by atoms with van der Waals surface area (Å²) in [6, 6.07) is 10.7. The van der Waals surface area contributed by atoms with Gasteiger partial charge in [-0.05, 0) is 54.7 Å². The fourth-order valence-electron chi connectivity index (χ4n) is 3.84. The Balaban J connectivity index is 1.43. The Kier molecular flexibility index (Phi) is 5.74. The minimum Gasteiger partial charge on any atom is -0.362 e. The van der Waals surface area contributed by atoms with Gasteiger partial charge in [-0.3, -0.25) is 4.79 Å². The first-order valence-corrected chi connectivity index (χ1v) is 11.6. The van der Waals surface area contributed by atoms with Crippen LogP contribution in [0.2, 0.25) is 0 Å². The Morgan fingerprint density at radius 2 is 1.88 bits per heavy atom. The first kappa shape index (κ1) is 22.3. The summed E-state index contributed by atoms with van der Waals surface area (Å²) in [6.45, 7) is 0.756. The lowest BCUT2D eigenvalue weighted by Gasteiger charge is -2.11. The number of alkyl halides is 3. The van der Waals surface area contributed by atoms with Crippen molar-refractivity contribution in [1.82, 2.24) is 4.90 Å². The molecule has 0 aromatic heterocycles. The van der Waals surface area contributed by atoms with Crippen molar-refractivity contribution < 1.29 is 26.4 Å². The Hall–Kier alpha value is -2.88. The summed E-state index contributed by atoms with van der Waals surface area (Å²) >= 11 is 0. The number of rotatable bonds is 5. The molecule has 1 aliphatic carbocycles. The molecule has 2 aromatic carbocycles. The number of amides is 1. The molecule has 10 heteroatoms. The molecule has 1 heterocycles. The van der Waals surface area contributed by atoms with Crippen LogP contribution >= 0.6 is 0 Å². The highest BCUT2D eigenvalue weighted by atomic mass is 32.2. The SMILES string of the molecule is CN1CCCC1=NS(=O)(=O)c1cccc(NC(=O)C2CC2c2ccc(C(F)(F)F)cc2)c1. The van der Waals surface area contributed by atoms with Gasteiger partial charge in [-0.15, -0.1) is 4.40 Å². The predicted molar refractivity (Wildman–Crippen MR) is 114 cm³/mol. The standard InChI is InChI=1S/C22H22F3N3O3S/c1-28-11-3-6-20(28)27-32(30,31)17-5-2-4-16(12-17)26-21(29)19-13-18(19)14-7-9-15(10-8-14)22(23,24)25/h2,4-5,7-10,12,18-19H,3,6,11,13H2,1H3,(H,26,29). The predicted octanol–water partition coefficient (Wildman–Crippen LogP) is 4.26. The number of hydrogen-bond donors (Lipinski definition) is 1. The fourth-order valence-corrected chi connectivity index (χ4v) is 4.98. The molecular weight excluding hydrogens is 443 g/mol. The van der Waals surface area contributed by atoms with Crippen LogP contribution in [-0.2, 0) is 21.0 Å². The Morgan fingerprint density at radius 3 is 2.50 bits per heavy atom. The maximum absolute atomic E-state index is 12.7. The largest absolute Gasteiger partial charge is 0.416 e. The summed E-state index contributed by atoms with van der Waals surface area (Å²) in [5.74, 6) is -0.323. The van der Waals surface area contributed by atoms with Crippen molar-refractivity contribution >= 4 is 27.5 Å². The van der Waals surface area contributed by atoms with Gasteiger partial charge in [-0.1, -0.05) is 18.2 Å². The van der Waals surface area contributed by atoms with E-state index in [1.807, 2.05) is 0 Å². The molecule has 2 atom stereocenters. The Morgan fingerprint density at radius 1 is 1.16 bits per heavy atom. The molecule has 1 saturated heterocycles. The molecule has 1 amide bonds. The van der Waals surface area contributed by atoms with Gasteiger partial charge >= 0.3 is 6.18 Å². The first-order valence-electron chi connectivity index (χ1n) is 10.2. The van der Waals surface area contributed by atoms with Crippen LogP contribution < -0.4 is 5.32 Å². The molecule has 2 aromatic rings. The number of carbonyl (C=O) groups is 1. The highest BCUT2D eigenvalue weighted by Gasteiger charge is 2.44. The zero-order chi connectivity index (χ0) is 23.1. The summed E-state index contributed by atoms with van der Waals surface area (Å²) in [5.41, 5.74) is 0.272. The van der Waals surface area contributed by atoms with Gasteiger partial charge in [0, 0.05) is 31.6 Å². The van der Waals surface area contributed by atoms with E-state index in [-0.39, 0.29) is 22.6 Å². The number of anilines is 1. The average Bonchev–Trinajstić information content (AvgIpc) is 3.45. The number of nitrogens with one attached hydrogen (secondary N) is 1. The van der Waals surface area contributed by atoms with E-state index in [0.717, 1.165) is 25.1 Å². The molecule has 2 unspecified atom stereocenters. The summed E-state index contributed by atoms with van der Waals surface area (Å²) in [6.07, 6.45) is -2.43. The van der Waals surface area contributed by atoms with Gasteiger partial charge in [-0.25, -0.2) is 0 Å². The summed E-state index contributed by atoms with van der Waals surface area (Å²) in [7, 11) is -2.11. The van der Waals surface area contributed by atoms with E-state index in [0.29, 0.717) is 29.9 Å². The highest BCUT2D eigenvalue weighted by Crippen LogP contribution is 2.48. The molecule has 0 spiro atoms. The van der Waals surface area contributed by atoms with Gasteiger partial charge in [-0.2, -0.15) is 21.6 Å². The number of nitrogens with zero attached hydrogens (tertiary/aromatic N) is 2. The van der Waals surface area contributed by atoms with Crippen molar-refractivity contribution in [2.45, 2.75) is 36.3 Å². The normalized spacial score (nSPS) is 22.2. The summed E-state index contributed by atoms with van der Waals surface area (Å²) in [4.78, 5) is 14.4. The van der Waals surface area contributed by atoms with Crippen molar-refractivity contribution in [3.05, 3.63) is 59.7 Å². The molecule has 1 N–H and O–H groups in total. The first-order chi connectivity index (χ1) is 15.0. The lowest BCUT2D eigenvalue weighted by Crippen LogP contribution is -2.20. The molecule has 4 rings (SSSR count). The van der Waals surface area contributed by atoms with E-state index in [9.17, 15) is 26.4 Å². The number of likely N-dealkylation sites (tertiary alicyclic amines) is 1. The van der Waals surface area contributed by atoms with Gasteiger partial charge in [0.2, 0.25) is 5.91 Å². The Bertz CT molecular complexity index is 1160. The van der Waals surface area contributed by atoms with Crippen LogP contribution in [0.25, 0.3) is 0 Å². The number of sulfonamides is 1. The van der Waals surface area contributed by atoms with Gasteiger partial charge in [0.15, 0.2) is 0 Å². The second kappa shape index (κ2) is 8.23. The third kappa shape index (κ3) is 4.79. The van der Waals surface area contributed by atoms with E-state index in [2.05, 4.69) is 9.71 Å². The van der Waals surface area contributed by atoms with Crippen LogP contribution in [0.15, 0.2) is 57.8 Å². The zero-order valence-corrected chi connectivity index (χ0v) is 18.1. The monoisotopic (exact) mass is 465 g/mol. The van der Waals surface area contributed by atoms with Crippen molar-refractivity contribution in [2.75, 3.05) is 18.9 Å². The molecule has 2 fully saturated rings. The number of hydrogen-bond acceptors (Lipinski definition) is 3. The second-order valence-electron chi connectivity index (χ2n) is 8.09. The molecule has 170 valence electrons. The zero-order valence-electron chi connectivity index (χ0n) is 17.3. The van der Waals surface area contributed by atoms with Crippen molar-refractivity contribution in [2.24, 2.45) is 10.3 Å². The molecule has 6 nitrogen and oxygen atoms in total. The maximum atomic E-state index is 12.7. The molecule has 1 saturated carbocycles. The quantitative estimate of drug-likeness (QED) is 0.716. The van der Waals surface area contributed by atoms with E-state index in [4.69, 9.17) is 0 Å². The van der Waals surface area contributed by atoms with Gasteiger partial charge < -0.3 is 10.2 Å². The fraction of sp³-hybridized carbons (Fsp3) is 0.364. The second-order valence-corrected chi connectivity index (χ2v) is 9.70. The molecule has 2 aliphatic rings.